The molecule has 0 N–H and O–H groups in total. The van der Waals surface area contributed by atoms with Crippen molar-refractivity contribution in [3.05, 3.63) is 51.0 Å². The van der Waals surface area contributed by atoms with Gasteiger partial charge >= 0.3 is 0 Å². The van der Waals surface area contributed by atoms with E-state index in [-0.39, 0.29) is 10.8 Å². The van der Waals surface area contributed by atoms with Gasteiger partial charge in [-0.05, 0) is 34.1 Å². The summed E-state index contributed by atoms with van der Waals surface area (Å²) in [5.74, 6) is -0.845. The minimum absolute atomic E-state index is 0.0880. The lowest BCUT2D eigenvalue weighted by molar-refractivity contribution is 0.102. The summed E-state index contributed by atoms with van der Waals surface area (Å²) < 4.78 is 20.2. The first-order valence-electron chi connectivity index (χ1n) is 5.74. The van der Waals surface area contributed by atoms with E-state index in [9.17, 15) is 9.18 Å². The zero-order valence-electron chi connectivity index (χ0n) is 10.6. The standard InChI is InChI=1S/C13H11BrClFN2O2/c1-20-5-4-18-12(9(14)7-17-18)13(19)8-2-3-11(16)10(15)6-8/h2-3,6-7H,4-5H2,1H3. The highest BCUT2D eigenvalue weighted by atomic mass is 79.9. The monoisotopic (exact) mass is 360 g/mol. The number of methoxy groups -OCH3 is 1. The molecule has 0 aliphatic rings. The number of hydrogen-bond acceptors (Lipinski definition) is 3. The Bertz CT molecular complexity index is 645. The molecule has 1 aromatic carbocycles. The maximum atomic E-state index is 13.1. The van der Waals surface area contributed by atoms with Crippen molar-refractivity contribution >= 4 is 33.3 Å². The minimum Gasteiger partial charge on any atom is -0.383 e. The van der Waals surface area contributed by atoms with Gasteiger partial charge in [-0.15, -0.1) is 0 Å². The summed E-state index contributed by atoms with van der Waals surface area (Å²) in [4.78, 5) is 12.5. The van der Waals surface area contributed by atoms with Gasteiger partial charge in [-0.2, -0.15) is 5.10 Å². The van der Waals surface area contributed by atoms with Crippen LogP contribution in [0.3, 0.4) is 0 Å². The molecule has 0 unspecified atom stereocenters. The van der Waals surface area contributed by atoms with E-state index in [2.05, 4.69) is 21.0 Å². The predicted octanol–water partition coefficient (Wildman–Crippen LogP) is 3.32. The minimum atomic E-state index is -0.560. The number of ketones is 1. The number of benzene rings is 1. The highest BCUT2D eigenvalue weighted by molar-refractivity contribution is 9.10. The molecule has 1 aromatic heterocycles. The largest absolute Gasteiger partial charge is 0.383 e. The van der Waals surface area contributed by atoms with Gasteiger partial charge < -0.3 is 4.74 Å². The van der Waals surface area contributed by atoms with Crippen LogP contribution in [0.4, 0.5) is 4.39 Å². The van der Waals surface area contributed by atoms with Crippen LogP contribution in [-0.2, 0) is 11.3 Å². The number of aromatic nitrogens is 2. The highest BCUT2D eigenvalue weighted by Crippen LogP contribution is 2.23. The summed E-state index contributed by atoms with van der Waals surface area (Å²) in [6, 6.07) is 3.86. The van der Waals surface area contributed by atoms with Crippen LogP contribution in [0.25, 0.3) is 0 Å². The zero-order valence-corrected chi connectivity index (χ0v) is 12.9. The second-order valence-corrected chi connectivity index (χ2v) is 5.28. The fraction of sp³-hybridized carbons (Fsp3) is 0.231. The van der Waals surface area contributed by atoms with Crippen molar-refractivity contribution in [2.24, 2.45) is 0 Å². The predicted molar refractivity (Wildman–Crippen MR) is 76.6 cm³/mol. The first kappa shape index (κ1) is 15.2. The highest BCUT2D eigenvalue weighted by Gasteiger charge is 2.19. The third-order valence-corrected chi connectivity index (χ3v) is 3.57. The average molecular weight is 362 g/mol. The quantitative estimate of drug-likeness (QED) is 0.768. The summed E-state index contributed by atoms with van der Waals surface area (Å²) in [5.41, 5.74) is 0.681. The fourth-order valence-electron chi connectivity index (χ4n) is 1.71. The van der Waals surface area contributed by atoms with Crippen LogP contribution in [0.5, 0.6) is 0 Å². The summed E-state index contributed by atoms with van der Waals surface area (Å²) in [7, 11) is 1.57. The molecule has 0 bridgehead atoms. The molecule has 1 heterocycles. The fourth-order valence-corrected chi connectivity index (χ4v) is 2.37. The first-order chi connectivity index (χ1) is 9.54. The van der Waals surface area contributed by atoms with Crippen molar-refractivity contribution in [3.8, 4) is 0 Å². The van der Waals surface area contributed by atoms with Crippen molar-refractivity contribution in [3.63, 3.8) is 0 Å². The SMILES string of the molecule is COCCn1ncc(Br)c1C(=O)c1ccc(F)c(Cl)c1. The first-order valence-corrected chi connectivity index (χ1v) is 6.91. The van der Waals surface area contributed by atoms with Gasteiger partial charge in [0, 0.05) is 12.7 Å². The molecule has 0 aliphatic carbocycles. The van der Waals surface area contributed by atoms with Gasteiger partial charge in [-0.25, -0.2) is 4.39 Å². The topological polar surface area (TPSA) is 44.1 Å². The number of halogens is 3. The Balaban J connectivity index is 2.37. The number of carbonyl (C=O) groups is 1. The van der Waals surface area contributed by atoms with E-state index in [4.69, 9.17) is 16.3 Å². The molecule has 0 spiro atoms. The van der Waals surface area contributed by atoms with Crippen molar-refractivity contribution in [1.82, 2.24) is 9.78 Å². The Hall–Kier alpha value is -1.24. The molecule has 106 valence electrons. The summed E-state index contributed by atoms with van der Waals surface area (Å²) in [6.45, 7) is 0.872. The molecule has 2 rings (SSSR count). The molecule has 7 heteroatoms. The van der Waals surface area contributed by atoms with E-state index in [1.54, 1.807) is 7.11 Å². The van der Waals surface area contributed by atoms with Crippen molar-refractivity contribution in [1.29, 1.82) is 0 Å². The van der Waals surface area contributed by atoms with E-state index >= 15 is 0 Å². The Morgan fingerprint density at radius 3 is 2.95 bits per heavy atom. The smallest absolute Gasteiger partial charge is 0.212 e. The lowest BCUT2D eigenvalue weighted by Crippen LogP contribution is -2.15. The van der Waals surface area contributed by atoms with Crippen LogP contribution in [0.2, 0.25) is 5.02 Å². The number of hydrogen-bond donors (Lipinski definition) is 0. The second-order valence-electron chi connectivity index (χ2n) is 4.02. The van der Waals surface area contributed by atoms with Crippen molar-refractivity contribution < 1.29 is 13.9 Å². The molecule has 0 radical (unpaired) electrons. The Labute approximate surface area is 128 Å². The van der Waals surface area contributed by atoms with E-state index in [1.165, 1.54) is 29.1 Å². The number of rotatable bonds is 5. The molecule has 0 saturated heterocycles. The van der Waals surface area contributed by atoms with E-state index in [0.717, 1.165) is 0 Å². The molecule has 4 nitrogen and oxygen atoms in total. The van der Waals surface area contributed by atoms with Crippen LogP contribution in [0, 0.1) is 5.82 Å². The molecular formula is C13H11BrClFN2O2. The lowest BCUT2D eigenvalue weighted by Gasteiger charge is -2.07. The number of nitrogens with zero attached hydrogens (tertiary/aromatic N) is 2. The maximum absolute atomic E-state index is 13.1. The Morgan fingerprint density at radius 2 is 2.30 bits per heavy atom. The van der Waals surface area contributed by atoms with Gasteiger partial charge in [0.1, 0.15) is 11.5 Å². The van der Waals surface area contributed by atoms with Crippen LogP contribution in [0.15, 0.2) is 28.9 Å². The number of ether oxygens (including phenoxy) is 1. The number of carbonyl (C=O) groups excluding carboxylic acids is 1. The molecule has 0 saturated carbocycles. The lowest BCUT2D eigenvalue weighted by atomic mass is 10.1. The van der Waals surface area contributed by atoms with Gasteiger partial charge in [0.2, 0.25) is 5.78 Å². The van der Waals surface area contributed by atoms with Crippen LogP contribution < -0.4 is 0 Å². The molecular weight excluding hydrogens is 351 g/mol. The van der Waals surface area contributed by atoms with Gasteiger partial charge in [-0.3, -0.25) is 9.48 Å². The maximum Gasteiger partial charge on any atom is 0.212 e. The van der Waals surface area contributed by atoms with Gasteiger partial charge in [0.05, 0.1) is 28.8 Å². The summed E-state index contributed by atoms with van der Waals surface area (Å²) >= 11 is 8.99. The van der Waals surface area contributed by atoms with Crippen LogP contribution in [0.1, 0.15) is 16.1 Å². The average Bonchev–Trinajstić information content (AvgIpc) is 2.80. The third-order valence-electron chi connectivity index (χ3n) is 2.70. The Kier molecular flexibility index (Phi) is 4.91. The van der Waals surface area contributed by atoms with E-state index in [1.807, 2.05) is 0 Å². The van der Waals surface area contributed by atoms with Gasteiger partial charge in [0.25, 0.3) is 0 Å². The molecule has 0 fully saturated rings. The third kappa shape index (κ3) is 3.08. The molecule has 20 heavy (non-hydrogen) atoms. The van der Waals surface area contributed by atoms with E-state index < -0.39 is 5.82 Å². The van der Waals surface area contributed by atoms with E-state index in [0.29, 0.717) is 28.9 Å². The van der Waals surface area contributed by atoms with Crippen LogP contribution in [-0.4, -0.2) is 29.3 Å². The van der Waals surface area contributed by atoms with Gasteiger partial charge in [0.15, 0.2) is 0 Å². The van der Waals surface area contributed by atoms with Gasteiger partial charge in [-0.1, -0.05) is 11.6 Å². The normalized spacial score (nSPS) is 10.8. The van der Waals surface area contributed by atoms with Crippen molar-refractivity contribution in [2.75, 3.05) is 13.7 Å². The summed E-state index contributed by atoms with van der Waals surface area (Å²) in [6.07, 6.45) is 1.54. The molecule has 0 atom stereocenters. The summed E-state index contributed by atoms with van der Waals surface area (Å²) in [5, 5.41) is 4.01. The molecule has 0 amide bonds. The van der Waals surface area contributed by atoms with Crippen LogP contribution >= 0.6 is 27.5 Å². The second kappa shape index (κ2) is 6.47. The van der Waals surface area contributed by atoms with Crippen molar-refractivity contribution in [2.45, 2.75) is 6.54 Å². The molecule has 0 aliphatic heterocycles. The Morgan fingerprint density at radius 1 is 1.55 bits per heavy atom. The zero-order chi connectivity index (χ0) is 14.7. The molecule has 2 aromatic rings.